The van der Waals surface area contributed by atoms with Crippen molar-refractivity contribution in [2.24, 2.45) is 12.0 Å². The van der Waals surface area contributed by atoms with Gasteiger partial charge in [0.2, 0.25) is 0 Å². The first-order valence-corrected chi connectivity index (χ1v) is 12.8. The Morgan fingerprint density at radius 2 is 1.65 bits per heavy atom. The van der Waals surface area contributed by atoms with Crippen LogP contribution in [0.25, 0.3) is 17.0 Å². The maximum absolute atomic E-state index is 13.9. The molecular weight excluding hydrogens is 480 g/mol. The van der Waals surface area contributed by atoms with Gasteiger partial charge in [0, 0.05) is 35.4 Å². The number of carbonyl (C=O) groups excluding carboxylic acids is 1. The highest BCUT2D eigenvalue weighted by Gasteiger charge is 2.32. The molecule has 182 valence electrons. The highest BCUT2D eigenvalue weighted by Crippen LogP contribution is 2.30. The Balaban J connectivity index is 1.53. The smallest absolute Gasteiger partial charge is 0.271 e. The van der Waals surface area contributed by atoms with Crippen molar-refractivity contribution >= 4 is 39.9 Å². The number of nitrogens with zero attached hydrogens (tertiary/aromatic N) is 3. The van der Waals surface area contributed by atoms with Crippen molar-refractivity contribution in [3.8, 4) is 0 Å². The lowest BCUT2D eigenvalue weighted by Gasteiger charge is -2.25. The fourth-order valence-corrected chi connectivity index (χ4v) is 5.95. The number of fused-ring (bicyclic) bond motifs is 2. The lowest BCUT2D eigenvalue weighted by atomic mass is 9.95. The van der Waals surface area contributed by atoms with E-state index in [1.807, 2.05) is 99.0 Å². The Bertz CT molecular complexity index is 1860. The second-order valence-electron chi connectivity index (χ2n) is 9.03. The highest BCUT2D eigenvalue weighted by molar-refractivity contribution is 7.07. The molecule has 0 saturated heterocycles. The summed E-state index contributed by atoms with van der Waals surface area (Å²) in [6.45, 7) is 1.83. The van der Waals surface area contributed by atoms with E-state index in [0.29, 0.717) is 26.3 Å². The highest BCUT2D eigenvalue weighted by atomic mass is 32.1. The van der Waals surface area contributed by atoms with Gasteiger partial charge in [0.1, 0.15) is 0 Å². The Kier molecular flexibility index (Phi) is 5.70. The second-order valence-corrected chi connectivity index (χ2v) is 10.0. The minimum atomic E-state index is -0.587. The normalized spacial score (nSPS) is 15.5. The van der Waals surface area contributed by atoms with Crippen LogP contribution in [0.1, 0.15) is 24.1 Å². The van der Waals surface area contributed by atoms with Gasteiger partial charge in [-0.15, -0.1) is 0 Å². The molecule has 1 amide bonds. The minimum absolute atomic E-state index is 0.164. The fraction of sp³-hybridized carbons (Fsp3) is 0.100. The molecule has 1 aliphatic rings. The summed E-state index contributed by atoms with van der Waals surface area (Å²) < 4.78 is 4.29. The fourth-order valence-electron chi connectivity index (χ4n) is 4.91. The van der Waals surface area contributed by atoms with Crippen LogP contribution in [0.15, 0.2) is 112 Å². The summed E-state index contributed by atoms with van der Waals surface area (Å²) in [6, 6.07) is 26.5. The lowest BCUT2D eigenvalue weighted by Crippen LogP contribution is -2.40. The largest absolute Gasteiger partial charge is 0.350 e. The lowest BCUT2D eigenvalue weighted by molar-refractivity contribution is -0.113. The molecule has 0 spiro atoms. The van der Waals surface area contributed by atoms with Gasteiger partial charge in [0.05, 0.1) is 21.8 Å². The van der Waals surface area contributed by atoms with Crippen LogP contribution in [0.5, 0.6) is 0 Å². The van der Waals surface area contributed by atoms with Crippen molar-refractivity contribution in [1.82, 2.24) is 9.13 Å². The van der Waals surface area contributed by atoms with Gasteiger partial charge in [-0.1, -0.05) is 78.1 Å². The molecule has 0 bridgehead atoms. The van der Waals surface area contributed by atoms with Gasteiger partial charge in [0.25, 0.3) is 11.5 Å². The molecule has 1 N–H and O–H groups in total. The van der Waals surface area contributed by atoms with Gasteiger partial charge in [-0.25, -0.2) is 4.99 Å². The SMILES string of the molecule is CC1=C(C(=O)Nc2ccccc2)[C@H](c2ccccc2)n2c(s/c(=C\c3cn(C)c4ccccc34)c2=O)=N1. The van der Waals surface area contributed by atoms with Crippen LogP contribution in [0, 0.1) is 0 Å². The molecular formula is C30H24N4O2S. The Morgan fingerprint density at radius 3 is 2.41 bits per heavy atom. The number of anilines is 1. The molecule has 5 aromatic rings. The topological polar surface area (TPSA) is 68.4 Å². The molecule has 1 atom stereocenters. The Labute approximate surface area is 217 Å². The van der Waals surface area contributed by atoms with Gasteiger partial charge in [-0.2, -0.15) is 0 Å². The van der Waals surface area contributed by atoms with Crippen LogP contribution in [-0.4, -0.2) is 15.0 Å². The van der Waals surface area contributed by atoms with Gasteiger partial charge in [-0.05, 0) is 36.8 Å². The minimum Gasteiger partial charge on any atom is -0.350 e. The van der Waals surface area contributed by atoms with E-state index >= 15 is 0 Å². The van der Waals surface area contributed by atoms with Crippen LogP contribution >= 0.6 is 11.3 Å². The number of thiazole rings is 1. The maximum atomic E-state index is 13.9. The number of aromatic nitrogens is 2. The summed E-state index contributed by atoms with van der Waals surface area (Å²) >= 11 is 1.35. The molecule has 6 rings (SSSR count). The Morgan fingerprint density at radius 1 is 0.973 bits per heavy atom. The zero-order valence-electron chi connectivity index (χ0n) is 20.4. The number of carbonyl (C=O) groups is 1. The van der Waals surface area contributed by atoms with Gasteiger partial charge < -0.3 is 9.88 Å². The number of hydrogen-bond donors (Lipinski definition) is 1. The average molecular weight is 505 g/mol. The molecule has 0 radical (unpaired) electrons. The zero-order chi connectivity index (χ0) is 25.5. The summed E-state index contributed by atoms with van der Waals surface area (Å²) in [4.78, 5) is 32.8. The third kappa shape index (κ3) is 4.03. The molecule has 0 saturated carbocycles. The predicted octanol–water partition coefficient (Wildman–Crippen LogP) is 4.37. The third-order valence-electron chi connectivity index (χ3n) is 6.63. The van der Waals surface area contributed by atoms with Crippen molar-refractivity contribution in [3.63, 3.8) is 0 Å². The standard InChI is InChI=1S/C30H24N4O2S/c1-19-26(28(35)32-22-13-7-4-8-14-22)27(20-11-5-3-6-12-20)34-29(36)25(37-30(34)31-19)17-21-18-33(2)24-16-10-9-15-23(21)24/h3-18,27H,1-2H3,(H,32,35)/b25-17-/t27-/m0/s1. The van der Waals surface area contributed by atoms with E-state index in [0.717, 1.165) is 22.0 Å². The van der Waals surface area contributed by atoms with Crippen LogP contribution in [0.4, 0.5) is 5.69 Å². The number of hydrogen-bond acceptors (Lipinski definition) is 4. The average Bonchev–Trinajstić information content (AvgIpc) is 3.40. The Hall–Kier alpha value is -4.49. The monoisotopic (exact) mass is 504 g/mol. The summed E-state index contributed by atoms with van der Waals surface area (Å²) in [6.07, 6.45) is 3.96. The van der Waals surface area contributed by atoms with E-state index in [1.54, 1.807) is 4.57 Å². The molecule has 37 heavy (non-hydrogen) atoms. The summed E-state index contributed by atoms with van der Waals surface area (Å²) in [5.74, 6) is -0.273. The van der Waals surface area contributed by atoms with E-state index in [9.17, 15) is 9.59 Å². The first kappa shape index (κ1) is 22.9. The molecule has 0 unspecified atom stereocenters. The van der Waals surface area contributed by atoms with Crippen molar-refractivity contribution in [2.75, 3.05) is 5.32 Å². The second kappa shape index (κ2) is 9.19. The van der Waals surface area contributed by atoms with Gasteiger partial charge in [-0.3, -0.25) is 14.2 Å². The maximum Gasteiger partial charge on any atom is 0.271 e. The quantitative estimate of drug-likeness (QED) is 0.395. The number of para-hydroxylation sites is 2. The van der Waals surface area contributed by atoms with Crippen molar-refractivity contribution in [2.45, 2.75) is 13.0 Å². The van der Waals surface area contributed by atoms with E-state index < -0.39 is 6.04 Å². The first-order valence-electron chi connectivity index (χ1n) is 12.0. The van der Waals surface area contributed by atoms with Crippen molar-refractivity contribution in [1.29, 1.82) is 0 Å². The number of amides is 1. The molecule has 1 aliphatic heterocycles. The number of rotatable bonds is 4. The molecule has 2 aromatic heterocycles. The van der Waals surface area contributed by atoms with Crippen LogP contribution in [0.3, 0.4) is 0 Å². The summed E-state index contributed by atoms with van der Waals surface area (Å²) in [7, 11) is 2.00. The molecule has 0 fully saturated rings. The number of benzene rings is 3. The molecule has 6 nitrogen and oxygen atoms in total. The van der Waals surface area contributed by atoms with Crippen molar-refractivity contribution < 1.29 is 4.79 Å². The number of allylic oxidation sites excluding steroid dienone is 1. The van der Waals surface area contributed by atoms with Gasteiger partial charge >= 0.3 is 0 Å². The van der Waals surface area contributed by atoms with Crippen LogP contribution in [0.2, 0.25) is 0 Å². The van der Waals surface area contributed by atoms with Gasteiger partial charge in [0.15, 0.2) is 4.80 Å². The number of aryl methyl sites for hydroxylation is 1. The van der Waals surface area contributed by atoms with E-state index in [1.165, 1.54) is 11.3 Å². The van der Waals surface area contributed by atoms with Crippen LogP contribution < -0.4 is 20.2 Å². The molecule has 3 aromatic carbocycles. The van der Waals surface area contributed by atoms with Crippen LogP contribution in [-0.2, 0) is 11.8 Å². The first-order chi connectivity index (χ1) is 18.0. The van der Waals surface area contributed by atoms with Crippen molar-refractivity contribution in [3.05, 3.63) is 133 Å². The molecule has 7 heteroatoms. The summed E-state index contributed by atoms with van der Waals surface area (Å²) in [5, 5.41) is 4.06. The third-order valence-corrected chi connectivity index (χ3v) is 7.61. The van der Waals surface area contributed by atoms with E-state index in [2.05, 4.69) is 22.0 Å². The zero-order valence-corrected chi connectivity index (χ0v) is 21.2. The van der Waals surface area contributed by atoms with E-state index in [-0.39, 0.29) is 11.5 Å². The molecule has 3 heterocycles. The number of nitrogens with one attached hydrogen (secondary N) is 1. The predicted molar refractivity (Wildman–Crippen MR) is 148 cm³/mol. The molecule has 0 aliphatic carbocycles. The summed E-state index contributed by atoms with van der Waals surface area (Å²) in [5.41, 5.74) is 4.50. The van der Waals surface area contributed by atoms with E-state index in [4.69, 9.17) is 4.99 Å².